The van der Waals surface area contributed by atoms with E-state index in [0.717, 1.165) is 38.5 Å². The Morgan fingerprint density at radius 3 is 2.76 bits per heavy atom. The van der Waals surface area contributed by atoms with Crippen LogP contribution in [0.15, 0.2) is 0 Å². The lowest BCUT2D eigenvalue weighted by Crippen LogP contribution is -2.64. The molecule has 0 aromatic carbocycles. The van der Waals surface area contributed by atoms with Gasteiger partial charge in [0.2, 0.25) is 0 Å². The quantitative estimate of drug-likeness (QED) is 0.509. The van der Waals surface area contributed by atoms with E-state index < -0.39 is 0 Å². The molecule has 0 aromatic rings. The molecule has 3 fully saturated rings. The minimum absolute atomic E-state index is 0.0772. The van der Waals surface area contributed by atoms with Crippen molar-refractivity contribution in [1.29, 1.82) is 0 Å². The van der Waals surface area contributed by atoms with Crippen LogP contribution in [0.4, 0.5) is 0 Å². The molecule has 1 saturated carbocycles. The summed E-state index contributed by atoms with van der Waals surface area (Å²) < 4.78 is 5.40. The van der Waals surface area contributed by atoms with E-state index in [1.165, 1.54) is 45.4 Å². The van der Waals surface area contributed by atoms with E-state index in [9.17, 15) is 9.59 Å². The van der Waals surface area contributed by atoms with Gasteiger partial charge in [0.05, 0.1) is 0 Å². The van der Waals surface area contributed by atoms with Crippen LogP contribution in [0, 0.1) is 5.92 Å². The lowest BCUT2D eigenvalue weighted by molar-refractivity contribution is -0.151. The second kappa shape index (κ2) is 8.20. The second-order valence-electron chi connectivity index (χ2n) is 8.48. The van der Waals surface area contributed by atoms with E-state index in [4.69, 9.17) is 4.74 Å². The zero-order chi connectivity index (χ0) is 17.9. The van der Waals surface area contributed by atoms with Crippen LogP contribution in [-0.2, 0) is 14.3 Å². The Morgan fingerprint density at radius 2 is 2.00 bits per heavy atom. The third-order valence-electron chi connectivity index (χ3n) is 6.91. The van der Waals surface area contributed by atoms with Gasteiger partial charge in [-0.15, -0.1) is 0 Å². The van der Waals surface area contributed by atoms with Gasteiger partial charge in [-0.25, -0.2) is 0 Å². The van der Waals surface area contributed by atoms with Crippen LogP contribution < -0.4 is 0 Å². The van der Waals surface area contributed by atoms with Crippen molar-refractivity contribution in [3.05, 3.63) is 0 Å². The average molecular weight is 350 g/mol. The van der Waals surface area contributed by atoms with Gasteiger partial charge in [-0.3, -0.25) is 14.5 Å². The molecule has 4 nitrogen and oxygen atoms in total. The van der Waals surface area contributed by atoms with Gasteiger partial charge >= 0.3 is 5.97 Å². The summed E-state index contributed by atoms with van der Waals surface area (Å²) in [5, 5.41) is 0. The SMILES string of the molecule is CCCCCC[C@H]1CC(=O)C2CCCC[C@@]23CC[C@H](COC(C)=O)N13. The minimum atomic E-state index is -0.186. The number of Topliss-reactive ketones (excluding diaryl/α,β-unsaturated/α-hetero) is 1. The fraction of sp³-hybridized carbons (Fsp3) is 0.905. The Morgan fingerprint density at radius 1 is 1.16 bits per heavy atom. The third-order valence-corrected chi connectivity index (χ3v) is 6.91. The first-order valence-electron chi connectivity index (χ1n) is 10.5. The fourth-order valence-corrected chi connectivity index (χ4v) is 5.90. The molecule has 0 N–H and O–H groups in total. The lowest BCUT2D eigenvalue weighted by Gasteiger charge is -2.55. The molecule has 1 aliphatic carbocycles. The number of carbonyl (C=O) groups excluding carboxylic acids is 2. The molecule has 0 amide bonds. The molecule has 142 valence electrons. The second-order valence-corrected chi connectivity index (χ2v) is 8.48. The van der Waals surface area contributed by atoms with E-state index in [1.807, 2.05) is 0 Å². The molecule has 3 aliphatic rings. The molecule has 0 radical (unpaired) electrons. The molecule has 4 heteroatoms. The average Bonchev–Trinajstić information content (AvgIpc) is 2.95. The van der Waals surface area contributed by atoms with Gasteiger partial charge < -0.3 is 4.74 Å². The van der Waals surface area contributed by atoms with Crippen molar-refractivity contribution in [3.63, 3.8) is 0 Å². The van der Waals surface area contributed by atoms with Gasteiger partial charge in [0.15, 0.2) is 0 Å². The zero-order valence-corrected chi connectivity index (χ0v) is 16.1. The molecular formula is C21H35NO3. The number of unbranched alkanes of at least 4 members (excludes halogenated alkanes) is 3. The molecule has 4 atom stereocenters. The van der Waals surface area contributed by atoms with Crippen LogP contribution in [-0.4, -0.2) is 40.9 Å². The van der Waals surface area contributed by atoms with Crippen molar-refractivity contribution < 1.29 is 14.3 Å². The van der Waals surface area contributed by atoms with Crippen molar-refractivity contribution in [2.75, 3.05) is 6.61 Å². The molecule has 1 spiro atoms. The predicted octanol–water partition coefficient (Wildman–Crippen LogP) is 4.25. The fourth-order valence-electron chi connectivity index (χ4n) is 5.90. The summed E-state index contributed by atoms with van der Waals surface area (Å²) in [6.45, 7) is 4.24. The smallest absolute Gasteiger partial charge is 0.302 e. The van der Waals surface area contributed by atoms with Crippen molar-refractivity contribution in [2.45, 2.75) is 109 Å². The summed E-state index contributed by atoms with van der Waals surface area (Å²) in [5.41, 5.74) is 0.0772. The molecule has 25 heavy (non-hydrogen) atoms. The van der Waals surface area contributed by atoms with Gasteiger partial charge in [0.25, 0.3) is 0 Å². The number of esters is 1. The molecule has 2 aliphatic heterocycles. The Labute approximate surface area is 152 Å². The Balaban J connectivity index is 1.77. The van der Waals surface area contributed by atoms with Gasteiger partial charge in [-0.05, 0) is 32.1 Å². The van der Waals surface area contributed by atoms with Gasteiger partial charge in [0.1, 0.15) is 12.4 Å². The Bertz CT molecular complexity index is 492. The van der Waals surface area contributed by atoms with E-state index in [0.29, 0.717) is 24.5 Å². The number of ether oxygens (including phenoxy) is 1. The summed E-state index contributed by atoms with van der Waals surface area (Å²) >= 11 is 0. The number of rotatable bonds is 7. The highest BCUT2D eigenvalue weighted by Gasteiger charge is 2.58. The number of ketones is 1. The van der Waals surface area contributed by atoms with E-state index in [1.54, 1.807) is 0 Å². The molecule has 2 saturated heterocycles. The first-order valence-corrected chi connectivity index (χ1v) is 10.5. The first kappa shape index (κ1) is 18.9. The number of carbonyl (C=O) groups is 2. The van der Waals surface area contributed by atoms with Crippen LogP contribution >= 0.6 is 0 Å². The third kappa shape index (κ3) is 3.79. The Kier molecular flexibility index (Phi) is 6.19. The summed E-state index contributed by atoms with van der Waals surface area (Å²) in [7, 11) is 0. The monoisotopic (exact) mass is 349 g/mol. The van der Waals surface area contributed by atoms with Crippen LogP contribution in [0.3, 0.4) is 0 Å². The summed E-state index contributed by atoms with van der Waals surface area (Å²) in [6.07, 6.45) is 13.7. The number of hydrogen-bond acceptors (Lipinski definition) is 4. The topological polar surface area (TPSA) is 46.6 Å². The minimum Gasteiger partial charge on any atom is -0.464 e. The van der Waals surface area contributed by atoms with Crippen molar-refractivity contribution in [3.8, 4) is 0 Å². The van der Waals surface area contributed by atoms with Crippen molar-refractivity contribution in [1.82, 2.24) is 4.90 Å². The van der Waals surface area contributed by atoms with Crippen LogP contribution in [0.2, 0.25) is 0 Å². The van der Waals surface area contributed by atoms with E-state index >= 15 is 0 Å². The van der Waals surface area contributed by atoms with Gasteiger partial charge in [0, 0.05) is 36.9 Å². The highest BCUT2D eigenvalue weighted by Crippen LogP contribution is 2.53. The maximum atomic E-state index is 12.9. The van der Waals surface area contributed by atoms with Crippen LogP contribution in [0.25, 0.3) is 0 Å². The van der Waals surface area contributed by atoms with E-state index in [-0.39, 0.29) is 17.4 Å². The normalized spacial score (nSPS) is 35.3. The molecule has 3 rings (SSSR count). The summed E-state index contributed by atoms with van der Waals surface area (Å²) in [5.74, 6) is 0.564. The summed E-state index contributed by atoms with van der Waals surface area (Å²) in [4.78, 5) is 26.9. The highest BCUT2D eigenvalue weighted by molar-refractivity contribution is 5.84. The van der Waals surface area contributed by atoms with Crippen molar-refractivity contribution in [2.24, 2.45) is 5.92 Å². The first-order chi connectivity index (χ1) is 12.1. The molecule has 2 heterocycles. The van der Waals surface area contributed by atoms with E-state index in [2.05, 4.69) is 11.8 Å². The Hall–Kier alpha value is -0.900. The standard InChI is InChI=1S/C21H35NO3/c1-3-4-5-6-9-17-14-20(24)19-10-7-8-12-21(19)13-11-18(22(17)21)15-25-16(2)23/h17-19H,3-15H2,1-2H3/t17-,18+,19?,21+/m0/s1. The number of hydrogen-bond donors (Lipinski definition) is 0. The van der Waals surface area contributed by atoms with Gasteiger partial charge in [-0.1, -0.05) is 45.4 Å². The maximum absolute atomic E-state index is 12.9. The number of nitrogens with zero attached hydrogens (tertiary/aromatic N) is 1. The zero-order valence-electron chi connectivity index (χ0n) is 16.1. The largest absolute Gasteiger partial charge is 0.464 e. The van der Waals surface area contributed by atoms with Crippen LogP contribution in [0.5, 0.6) is 0 Å². The molecular weight excluding hydrogens is 314 g/mol. The predicted molar refractivity (Wildman–Crippen MR) is 98.4 cm³/mol. The highest BCUT2D eigenvalue weighted by atomic mass is 16.5. The number of piperidine rings is 1. The van der Waals surface area contributed by atoms with Crippen molar-refractivity contribution >= 4 is 11.8 Å². The molecule has 0 bridgehead atoms. The molecule has 1 unspecified atom stereocenters. The maximum Gasteiger partial charge on any atom is 0.302 e. The summed E-state index contributed by atoms with van der Waals surface area (Å²) in [6, 6.07) is 0.676. The lowest BCUT2D eigenvalue weighted by atomic mass is 9.65. The molecule has 0 aromatic heterocycles. The van der Waals surface area contributed by atoms with Crippen LogP contribution in [0.1, 0.15) is 90.9 Å². The van der Waals surface area contributed by atoms with Gasteiger partial charge in [-0.2, -0.15) is 0 Å².